The minimum Gasteiger partial charge on any atom is -0.493 e. The lowest BCUT2D eigenvalue weighted by Gasteiger charge is -2.16. The second-order valence-corrected chi connectivity index (χ2v) is 4.44. The molecule has 0 aliphatic heterocycles. The standard InChI is InChI=1S/C14H19N3O2/c1-5-17-13(12(19-4)8-15-17)14(18)11-7-6-9(2)16-10(11)3/h6-8,14,18H,5H2,1-4H3. The van der Waals surface area contributed by atoms with Gasteiger partial charge in [-0.1, -0.05) is 6.07 Å². The summed E-state index contributed by atoms with van der Waals surface area (Å²) in [6.45, 7) is 6.47. The number of aliphatic hydroxyl groups is 1. The first kappa shape index (κ1) is 13.5. The van der Waals surface area contributed by atoms with E-state index in [2.05, 4.69) is 10.1 Å². The van der Waals surface area contributed by atoms with Gasteiger partial charge in [-0.15, -0.1) is 0 Å². The molecule has 102 valence electrons. The Morgan fingerprint density at radius 1 is 1.37 bits per heavy atom. The molecule has 0 saturated heterocycles. The molecule has 19 heavy (non-hydrogen) atoms. The molecule has 0 saturated carbocycles. The van der Waals surface area contributed by atoms with Crippen LogP contribution in [0.4, 0.5) is 0 Å². The first-order valence-corrected chi connectivity index (χ1v) is 6.30. The molecule has 1 N–H and O–H groups in total. The summed E-state index contributed by atoms with van der Waals surface area (Å²) in [5.41, 5.74) is 3.20. The molecule has 0 radical (unpaired) electrons. The Morgan fingerprint density at radius 2 is 2.11 bits per heavy atom. The Hall–Kier alpha value is -1.88. The lowest BCUT2D eigenvalue weighted by molar-refractivity contribution is 0.201. The van der Waals surface area contributed by atoms with Crippen LogP contribution in [0.3, 0.4) is 0 Å². The Morgan fingerprint density at radius 3 is 2.68 bits per heavy atom. The van der Waals surface area contributed by atoms with E-state index in [-0.39, 0.29) is 0 Å². The number of pyridine rings is 1. The minimum atomic E-state index is -0.787. The van der Waals surface area contributed by atoms with Crippen molar-refractivity contribution in [2.75, 3.05) is 7.11 Å². The monoisotopic (exact) mass is 261 g/mol. The molecule has 2 aromatic rings. The molecule has 0 amide bonds. The van der Waals surface area contributed by atoms with E-state index in [4.69, 9.17) is 4.74 Å². The van der Waals surface area contributed by atoms with Crippen molar-refractivity contribution in [2.24, 2.45) is 0 Å². The maximum absolute atomic E-state index is 10.6. The van der Waals surface area contributed by atoms with Crippen LogP contribution in [0.15, 0.2) is 18.3 Å². The molecule has 2 heterocycles. The largest absolute Gasteiger partial charge is 0.493 e. The van der Waals surface area contributed by atoms with Crippen LogP contribution in [0, 0.1) is 13.8 Å². The SMILES string of the molecule is CCn1ncc(OC)c1C(O)c1ccc(C)nc1C. The van der Waals surface area contributed by atoms with Crippen LogP contribution < -0.4 is 4.74 Å². The number of aromatic nitrogens is 3. The summed E-state index contributed by atoms with van der Waals surface area (Å²) in [4.78, 5) is 4.39. The highest BCUT2D eigenvalue weighted by molar-refractivity contribution is 5.36. The molecule has 0 aromatic carbocycles. The molecule has 0 bridgehead atoms. The molecule has 2 aromatic heterocycles. The van der Waals surface area contributed by atoms with Crippen molar-refractivity contribution in [3.05, 3.63) is 41.0 Å². The van der Waals surface area contributed by atoms with Gasteiger partial charge in [-0.2, -0.15) is 5.10 Å². The van der Waals surface area contributed by atoms with Crippen molar-refractivity contribution >= 4 is 0 Å². The first-order chi connectivity index (χ1) is 9.08. The maximum Gasteiger partial charge on any atom is 0.163 e. The second-order valence-electron chi connectivity index (χ2n) is 4.44. The average Bonchev–Trinajstić information content (AvgIpc) is 2.80. The van der Waals surface area contributed by atoms with Crippen molar-refractivity contribution in [3.8, 4) is 5.75 Å². The molecule has 0 spiro atoms. The summed E-state index contributed by atoms with van der Waals surface area (Å²) in [7, 11) is 1.58. The van der Waals surface area contributed by atoms with Gasteiger partial charge < -0.3 is 9.84 Å². The normalized spacial score (nSPS) is 12.5. The Labute approximate surface area is 112 Å². The molecule has 0 aliphatic carbocycles. The van der Waals surface area contributed by atoms with E-state index in [1.807, 2.05) is 32.9 Å². The van der Waals surface area contributed by atoms with Crippen LogP contribution in [-0.4, -0.2) is 27.0 Å². The van der Waals surface area contributed by atoms with E-state index in [0.717, 1.165) is 17.0 Å². The van der Waals surface area contributed by atoms with Crippen LogP contribution in [0.2, 0.25) is 0 Å². The quantitative estimate of drug-likeness (QED) is 0.914. The van der Waals surface area contributed by atoms with Crippen LogP contribution in [0.1, 0.15) is 35.7 Å². The zero-order chi connectivity index (χ0) is 14.0. The maximum atomic E-state index is 10.6. The van der Waals surface area contributed by atoms with E-state index in [1.165, 1.54) is 0 Å². The van der Waals surface area contributed by atoms with Gasteiger partial charge in [-0.3, -0.25) is 9.67 Å². The Bertz CT molecular complexity index is 557. The van der Waals surface area contributed by atoms with Crippen molar-refractivity contribution in [1.82, 2.24) is 14.8 Å². The molecule has 5 nitrogen and oxygen atoms in total. The van der Waals surface area contributed by atoms with Gasteiger partial charge in [0.1, 0.15) is 11.8 Å². The average molecular weight is 261 g/mol. The van der Waals surface area contributed by atoms with Gasteiger partial charge in [0.25, 0.3) is 0 Å². The highest BCUT2D eigenvalue weighted by Gasteiger charge is 2.22. The number of methoxy groups -OCH3 is 1. The third-order valence-corrected chi connectivity index (χ3v) is 3.18. The van der Waals surface area contributed by atoms with E-state index >= 15 is 0 Å². The van der Waals surface area contributed by atoms with Gasteiger partial charge in [-0.05, 0) is 26.8 Å². The van der Waals surface area contributed by atoms with Crippen molar-refractivity contribution in [2.45, 2.75) is 33.4 Å². The predicted octanol–water partition coefficient (Wildman–Crippen LogP) is 2.01. The van der Waals surface area contributed by atoms with E-state index in [9.17, 15) is 5.11 Å². The number of ether oxygens (including phenoxy) is 1. The van der Waals surface area contributed by atoms with Crippen molar-refractivity contribution < 1.29 is 9.84 Å². The fourth-order valence-electron chi connectivity index (χ4n) is 2.20. The van der Waals surface area contributed by atoms with Crippen LogP contribution >= 0.6 is 0 Å². The minimum absolute atomic E-state index is 0.592. The fourth-order valence-corrected chi connectivity index (χ4v) is 2.20. The second kappa shape index (κ2) is 5.40. The molecular weight excluding hydrogens is 242 g/mol. The van der Waals surface area contributed by atoms with E-state index in [0.29, 0.717) is 18.0 Å². The summed E-state index contributed by atoms with van der Waals surface area (Å²) >= 11 is 0. The highest BCUT2D eigenvalue weighted by atomic mass is 16.5. The van der Waals surface area contributed by atoms with E-state index < -0.39 is 6.10 Å². The van der Waals surface area contributed by atoms with Crippen LogP contribution in [-0.2, 0) is 6.54 Å². The molecule has 1 unspecified atom stereocenters. The lowest BCUT2D eigenvalue weighted by atomic mass is 10.0. The third-order valence-electron chi connectivity index (χ3n) is 3.18. The van der Waals surface area contributed by atoms with Gasteiger partial charge in [0.2, 0.25) is 0 Å². The summed E-state index contributed by atoms with van der Waals surface area (Å²) < 4.78 is 7.01. The van der Waals surface area contributed by atoms with Gasteiger partial charge in [0, 0.05) is 23.5 Å². The summed E-state index contributed by atoms with van der Waals surface area (Å²) in [6, 6.07) is 3.79. The molecule has 0 aliphatic rings. The number of hydrogen-bond acceptors (Lipinski definition) is 4. The topological polar surface area (TPSA) is 60.2 Å². The number of rotatable bonds is 4. The molecule has 5 heteroatoms. The van der Waals surface area contributed by atoms with Crippen molar-refractivity contribution in [3.63, 3.8) is 0 Å². The van der Waals surface area contributed by atoms with Crippen LogP contribution in [0.5, 0.6) is 5.75 Å². The van der Waals surface area contributed by atoms with Gasteiger partial charge in [0.15, 0.2) is 5.75 Å². The zero-order valence-electron chi connectivity index (χ0n) is 11.7. The first-order valence-electron chi connectivity index (χ1n) is 6.30. The zero-order valence-corrected chi connectivity index (χ0v) is 11.7. The Kier molecular flexibility index (Phi) is 3.85. The smallest absolute Gasteiger partial charge is 0.163 e. The van der Waals surface area contributed by atoms with Gasteiger partial charge in [0.05, 0.1) is 13.3 Å². The summed E-state index contributed by atoms with van der Waals surface area (Å²) in [6.07, 6.45) is 0.837. The lowest BCUT2D eigenvalue weighted by Crippen LogP contribution is -2.12. The molecule has 1 atom stereocenters. The number of nitrogens with zero attached hydrogens (tertiary/aromatic N) is 3. The summed E-state index contributed by atoms with van der Waals surface area (Å²) in [5.74, 6) is 0.592. The number of aryl methyl sites for hydroxylation is 3. The van der Waals surface area contributed by atoms with Gasteiger partial charge >= 0.3 is 0 Å². The van der Waals surface area contributed by atoms with E-state index in [1.54, 1.807) is 18.0 Å². The Balaban J connectivity index is 2.48. The van der Waals surface area contributed by atoms with Crippen molar-refractivity contribution in [1.29, 1.82) is 0 Å². The number of aliphatic hydroxyl groups excluding tert-OH is 1. The predicted molar refractivity (Wildman–Crippen MR) is 72.2 cm³/mol. The summed E-state index contributed by atoms with van der Waals surface area (Å²) in [5, 5.41) is 14.8. The third kappa shape index (κ3) is 2.46. The molecule has 2 rings (SSSR count). The highest BCUT2D eigenvalue weighted by Crippen LogP contribution is 2.31. The molecular formula is C14H19N3O2. The van der Waals surface area contributed by atoms with Crippen LogP contribution in [0.25, 0.3) is 0 Å². The fraction of sp³-hybridized carbons (Fsp3) is 0.429. The van der Waals surface area contributed by atoms with Gasteiger partial charge in [-0.25, -0.2) is 0 Å². The number of hydrogen-bond donors (Lipinski definition) is 1. The molecule has 0 fully saturated rings.